The predicted molar refractivity (Wildman–Crippen MR) is 143 cm³/mol. The summed E-state index contributed by atoms with van der Waals surface area (Å²) in [6, 6.07) is 15.5. The van der Waals surface area contributed by atoms with E-state index in [0.29, 0.717) is 39.1 Å². The summed E-state index contributed by atoms with van der Waals surface area (Å²) in [5.41, 5.74) is 4.22. The Kier molecular flexibility index (Phi) is 8.05. The largest absolute Gasteiger partial charge is 0.457 e. The zero-order chi connectivity index (χ0) is 26.5. The van der Waals surface area contributed by atoms with E-state index in [4.69, 9.17) is 9.47 Å². The van der Waals surface area contributed by atoms with Crippen LogP contribution in [0.5, 0.6) is 11.5 Å². The van der Waals surface area contributed by atoms with Crippen LogP contribution in [0.4, 0.5) is 0 Å². The number of hydrogen-bond acceptors (Lipinski definition) is 6. The molecule has 0 saturated carbocycles. The first kappa shape index (κ1) is 25.9. The van der Waals surface area contributed by atoms with E-state index in [1.807, 2.05) is 73.4 Å². The molecule has 3 aliphatic rings. The molecule has 38 heavy (non-hydrogen) atoms. The number of carbonyl (C=O) groups is 2. The maximum atomic E-state index is 12.8. The number of aryl methyl sites for hydroxylation is 3. The molecule has 9 heteroatoms. The number of fused-ring (bicyclic) bond motifs is 10. The molecule has 4 bridgehead atoms. The van der Waals surface area contributed by atoms with Gasteiger partial charge >= 0.3 is 0 Å². The van der Waals surface area contributed by atoms with Crippen LogP contribution >= 0.6 is 0 Å². The first-order valence-electron chi connectivity index (χ1n) is 13.2. The van der Waals surface area contributed by atoms with E-state index in [9.17, 15) is 9.59 Å². The van der Waals surface area contributed by atoms with Gasteiger partial charge in [0.2, 0.25) is 11.8 Å². The van der Waals surface area contributed by atoms with Crippen molar-refractivity contribution in [1.29, 1.82) is 0 Å². The number of nitrogens with one attached hydrogen (secondary N) is 2. The van der Waals surface area contributed by atoms with Crippen LogP contribution in [-0.2, 0) is 40.9 Å². The van der Waals surface area contributed by atoms with Gasteiger partial charge in [-0.25, -0.2) is 0 Å². The number of benzene rings is 2. The van der Waals surface area contributed by atoms with E-state index in [-0.39, 0.29) is 30.4 Å². The number of ether oxygens (including phenoxy) is 2. The van der Waals surface area contributed by atoms with Crippen LogP contribution < -0.4 is 15.4 Å². The van der Waals surface area contributed by atoms with E-state index in [1.54, 1.807) is 0 Å². The van der Waals surface area contributed by atoms with E-state index < -0.39 is 0 Å². The van der Waals surface area contributed by atoms with Crippen molar-refractivity contribution < 1.29 is 19.1 Å². The molecule has 1 aromatic heterocycles. The molecule has 200 valence electrons. The summed E-state index contributed by atoms with van der Waals surface area (Å²) in [6.07, 6.45) is 3.08. The molecule has 2 atom stereocenters. The molecule has 0 aliphatic carbocycles. The fourth-order valence-electron chi connectivity index (χ4n) is 5.04. The van der Waals surface area contributed by atoms with E-state index in [2.05, 4.69) is 20.6 Å². The maximum absolute atomic E-state index is 12.8. The number of likely N-dealkylation sites (tertiary alicyclic amines) is 1. The van der Waals surface area contributed by atoms with Crippen molar-refractivity contribution in [1.82, 2.24) is 25.3 Å². The number of carbonyl (C=O) groups excluding carboxylic acids is 2. The van der Waals surface area contributed by atoms with Crippen molar-refractivity contribution in [3.05, 3.63) is 77.1 Å². The standard InChI is InChI=1S/C29H35N5O4/c1-20-23(15-33(2)32-20)16-34-17-26-27(18-34)37-19-22-4-3-5-25(14-22)38-24-9-6-21(7-10-24)8-11-28(35)30-13-12-29(36)31-26/h3-7,9-10,14-15,26-27H,8,11-13,16-19H2,1-2H3,(H,30,35)(H,31,36)/t26-,27-/m0/s1. The minimum absolute atomic E-state index is 0.0653. The minimum atomic E-state index is -0.173. The molecule has 3 aliphatic heterocycles. The molecule has 1 saturated heterocycles. The van der Waals surface area contributed by atoms with Gasteiger partial charge in [-0.2, -0.15) is 5.10 Å². The SMILES string of the molecule is Cc1nn(C)cc1CN1C[C@@H]2NC(=O)CCNC(=O)CCc3ccc(cc3)Oc3cccc(c3)CO[C@H]2C1. The van der Waals surface area contributed by atoms with Crippen molar-refractivity contribution >= 4 is 11.8 Å². The summed E-state index contributed by atoms with van der Waals surface area (Å²) in [5, 5.41) is 10.5. The van der Waals surface area contributed by atoms with Gasteiger partial charge in [0, 0.05) is 57.8 Å². The van der Waals surface area contributed by atoms with E-state index in [1.165, 1.54) is 0 Å². The second kappa shape index (κ2) is 11.8. The molecule has 6 rings (SSSR count). The molecule has 9 nitrogen and oxygen atoms in total. The van der Waals surface area contributed by atoms with Crippen LogP contribution in [0.2, 0.25) is 0 Å². The first-order valence-corrected chi connectivity index (χ1v) is 13.2. The molecular formula is C29H35N5O4. The third-order valence-electron chi connectivity index (χ3n) is 7.03. The first-order chi connectivity index (χ1) is 18.4. The Morgan fingerprint density at radius 2 is 1.82 bits per heavy atom. The van der Waals surface area contributed by atoms with Gasteiger partial charge in [-0.3, -0.25) is 19.2 Å². The lowest BCUT2D eigenvalue weighted by Crippen LogP contribution is -2.44. The molecule has 1 fully saturated rings. The van der Waals surface area contributed by atoms with Crippen molar-refractivity contribution in [2.75, 3.05) is 19.6 Å². The number of hydrogen-bond donors (Lipinski definition) is 2. The molecular weight excluding hydrogens is 482 g/mol. The van der Waals surface area contributed by atoms with Gasteiger partial charge in [0.1, 0.15) is 11.5 Å². The van der Waals surface area contributed by atoms with Crippen molar-refractivity contribution in [2.24, 2.45) is 7.05 Å². The Bertz CT molecular complexity index is 1270. The third-order valence-corrected chi connectivity index (χ3v) is 7.03. The molecule has 2 amide bonds. The van der Waals surface area contributed by atoms with Crippen molar-refractivity contribution in [3.63, 3.8) is 0 Å². The highest BCUT2D eigenvalue weighted by Crippen LogP contribution is 2.25. The van der Waals surface area contributed by atoms with Gasteiger partial charge in [-0.15, -0.1) is 0 Å². The monoisotopic (exact) mass is 517 g/mol. The zero-order valence-electron chi connectivity index (χ0n) is 22.0. The fraction of sp³-hybridized carbons (Fsp3) is 0.414. The number of rotatable bonds is 2. The summed E-state index contributed by atoms with van der Waals surface area (Å²) in [7, 11) is 1.92. The number of amides is 2. The highest BCUT2D eigenvalue weighted by atomic mass is 16.5. The second-order valence-corrected chi connectivity index (χ2v) is 10.1. The van der Waals surface area contributed by atoms with E-state index in [0.717, 1.165) is 40.4 Å². The third kappa shape index (κ3) is 6.79. The highest BCUT2D eigenvalue weighted by molar-refractivity contribution is 5.79. The highest BCUT2D eigenvalue weighted by Gasteiger charge is 2.35. The van der Waals surface area contributed by atoms with Gasteiger partial charge < -0.3 is 20.1 Å². The topological polar surface area (TPSA) is 97.7 Å². The van der Waals surface area contributed by atoms with Gasteiger partial charge in [0.15, 0.2) is 0 Å². The summed E-state index contributed by atoms with van der Waals surface area (Å²) in [4.78, 5) is 27.4. The maximum Gasteiger partial charge on any atom is 0.222 e. The van der Waals surface area contributed by atoms with Gasteiger partial charge in [-0.1, -0.05) is 24.3 Å². The van der Waals surface area contributed by atoms with Crippen molar-refractivity contribution in [3.8, 4) is 11.5 Å². The minimum Gasteiger partial charge on any atom is -0.457 e. The van der Waals surface area contributed by atoms with Crippen LogP contribution in [0.25, 0.3) is 0 Å². The summed E-state index contributed by atoms with van der Waals surface area (Å²) in [5.74, 6) is 1.32. The lowest BCUT2D eigenvalue weighted by molar-refractivity contribution is -0.123. The van der Waals surface area contributed by atoms with Crippen molar-refractivity contribution in [2.45, 2.75) is 51.5 Å². The Morgan fingerprint density at radius 1 is 0.974 bits per heavy atom. The van der Waals surface area contributed by atoms with Crippen LogP contribution in [0.15, 0.2) is 54.7 Å². The normalized spacial score (nSPS) is 21.3. The second-order valence-electron chi connectivity index (χ2n) is 10.1. The Morgan fingerprint density at radius 3 is 2.61 bits per heavy atom. The van der Waals surface area contributed by atoms with Gasteiger partial charge in [0.05, 0.1) is 24.4 Å². The summed E-state index contributed by atoms with van der Waals surface area (Å²) in [6.45, 7) is 4.83. The molecule has 2 aromatic carbocycles. The zero-order valence-corrected chi connectivity index (χ0v) is 22.0. The molecule has 0 spiro atoms. The van der Waals surface area contributed by atoms with Crippen LogP contribution in [0, 0.1) is 6.92 Å². The molecule has 0 unspecified atom stereocenters. The quantitative estimate of drug-likeness (QED) is 0.543. The number of nitrogens with zero attached hydrogens (tertiary/aromatic N) is 3. The summed E-state index contributed by atoms with van der Waals surface area (Å²) >= 11 is 0. The Hall–Kier alpha value is -3.69. The molecule has 0 radical (unpaired) electrons. The van der Waals surface area contributed by atoms with Gasteiger partial charge in [-0.05, 0) is 48.7 Å². The fourth-order valence-corrected chi connectivity index (χ4v) is 5.04. The molecule has 2 N–H and O–H groups in total. The Labute approximate surface area is 223 Å². The number of aromatic nitrogens is 2. The van der Waals surface area contributed by atoms with Crippen LogP contribution in [0.3, 0.4) is 0 Å². The van der Waals surface area contributed by atoms with E-state index >= 15 is 0 Å². The molecule has 3 aromatic rings. The smallest absolute Gasteiger partial charge is 0.222 e. The average Bonchev–Trinajstić information content (AvgIpc) is 3.42. The van der Waals surface area contributed by atoms with Crippen LogP contribution in [-0.4, -0.2) is 58.3 Å². The Balaban J connectivity index is 1.32. The summed E-state index contributed by atoms with van der Waals surface area (Å²) < 4.78 is 14.3. The molecule has 4 heterocycles. The van der Waals surface area contributed by atoms with Gasteiger partial charge in [0.25, 0.3) is 0 Å². The van der Waals surface area contributed by atoms with Crippen LogP contribution in [0.1, 0.15) is 35.2 Å². The lowest BCUT2D eigenvalue weighted by Gasteiger charge is -2.21. The lowest BCUT2D eigenvalue weighted by atomic mass is 10.1. The average molecular weight is 518 g/mol. The predicted octanol–water partition coefficient (Wildman–Crippen LogP) is 2.86.